The number of rotatable bonds is 5. The minimum Gasteiger partial charge on any atom is -0.297 e. The van der Waals surface area contributed by atoms with E-state index in [4.69, 9.17) is 0 Å². The van der Waals surface area contributed by atoms with E-state index in [1.165, 1.54) is 22.5 Å². The smallest absolute Gasteiger partial charge is 0.268 e. The van der Waals surface area contributed by atoms with Crippen molar-refractivity contribution in [2.24, 2.45) is 0 Å². The molecule has 5 heteroatoms. The average Bonchev–Trinajstić information content (AvgIpc) is 3.13. The minimum absolute atomic E-state index is 0.0494. The van der Waals surface area contributed by atoms with E-state index in [0.717, 1.165) is 16.9 Å². The lowest BCUT2D eigenvalue weighted by Gasteiger charge is -2.18. The fraction of sp³-hybridized carbons (Fsp3) is 0.208. The summed E-state index contributed by atoms with van der Waals surface area (Å²) in [5.74, 6) is -0.451. The van der Waals surface area contributed by atoms with E-state index >= 15 is 0 Å². The third-order valence-corrected chi connectivity index (χ3v) is 5.36. The molecule has 1 aromatic heterocycles. The van der Waals surface area contributed by atoms with Crippen LogP contribution in [0.15, 0.2) is 66.4 Å². The minimum atomic E-state index is -0.451. The molecule has 4 nitrogen and oxygen atoms in total. The van der Waals surface area contributed by atoms with Gasteiger partial charge in [0.05, 0.1) is 0 Å². The summed E-state index contributed by atoms with van der Waals surface area (Å²) >= 11 is 1.42. The van der Waals surface area contributed by atoms with Crippen LogP contribution < -0.4 is 5.32 Å². The van der Waals surface area contributed by atoms with Crippen molar-refractivity contribution in [2.75, 3.05) is 5.32 Å². The number of carbonyl (C=O) groups is 1. The molecular formula is C24H23N3OS. The lowest BCUT2D eigenvalue weighted by Crippen LogP contribution is -2.13. The Hall–Kier alpha value is -3.23. The van der Waals surface area contributed by atoms with Gasteiger partial charge in [-0.15, -0.1) is 11.3 Å². The second kappa shape index (κ2) is 8.85. The van der Waals surface area contributed by atoms with Crippen LogP contribution in [-0.2, 0) is 16.6 Å². The number of anilines is 1. The molecule has 29 heavy (non-hydrogen) atoms. The van der Waals surface area contributed by atoms with E-state index < -0.39 is 5.91 Å². The summed E-state index contributed by atoms with van der Waals surface area (Å²) in [6, 6.07) is 20.0. The van der Waals surface area contributed by atoms with Crippen LogP contribution >= 0.6 is 11.3 Å². The maximum absolute atomic E-state index is 12.5. The number of carbonyl (C=O) groups excluding carboxylic acids is 1. The Morgan fingerprint density at radius 2 is 1.83 bits per heavy atom. The number of amides is 1. The summed E-state index contributed by atoms with van der Waals surface area (Å²) in [6.07, 6.45) is 4.12. The number of thiazole rings is 1. The summed E-state index contributed by atoms with van der Waals surface area (Å²) < 4.78 is 0. The predicted octanol–water partition coefficient (Wildman–Crippen LogP) is 5.58. The largest absolute Gasteiger partial charge is 0.297 e. The van der Waals surface area contributed by atoms with E-state index in [1.807, 2.05) is 48.5 Å². The van der Waals surface area contributed by atoms with Crippen molar-refractivity contribution in [2.45, 2.75) is 32.6 Å². The maximum atomic E-state index is 12.5. The van der Waals surface area contributed by atoms with Crippen molar-refractivity contribution in [1.82, 2.24) is 4.98 Å². The average molecular weight is 402 g/mol. The zero-order valence-electron chi connectivity index (χ0n) is 16.8. The molecule has 0 aliphatic carbocycles. The number of nitrogens with one attached hydrogen (secondary N) is 1. The van der Waals surface area contributed by atoms with Crippen LogP contribution in [-0.4, -0.2) is 10.9 Å². The van der Waals surface area contributed by atoms with Crippen molar-refractivity contribution in [3.63, 3.8) is 0 Å². The van der Waals surface area contributed by atoms with Gasteiger partial charge in [-0.2, -0.15) is 5.26 Å². The van der Waals surface area contributed by atoms with Gasteiger partial charge in [-0.25, -0.2) is 4.98 Å². The first-order valence-electron chi connectivity index (χ1n) is 9.37. The Morgan fingerprint density at radius 1 is 1.14 bits per heavy atom. The summed E-state index contributed by atoms with van der Waals surface area (Å²) in [4.78, 5) is 17.8. The molecule has 1 amide bonds. The van der Waals surface area contributed by atoms with Gasteiger partial charge in [0.15, 0.2) is 5.13 Å². The Kier molecular flexibility index (Phi) is 6.26. The number of hydrogen-bond donors (Lipinski definition) is 1. The van der Waals surface area contributed by atoms with Crippen LogP contribution in [0, 0.1) is 11.3 Å². The van der Waals surface area contributed by atoms with Crippen molar-refractivity contribution >= 4 is 28.5 Å². The molecule has 0 fully saturated rings. The van der Waals surface area contributed by atoms with Crippen LogP contribution in [0.3, 0.4) is 0 Å². The van der Waals surface area contributed by atoms with Crippen molar-refractivity contribution in [3.05, 3.63) is 87.9 Å². The quantitative estimate of drug-likeness (QED) is 0.448. The van der Waals surface area contributed by atoms with Crippen molar-refractivity contribution in [1.29, 1.82) is 5.26 Å². The zero-order valence-corrected chi connectivity index (χ0v) is 17.6. The molecule has 3 rings (SSSR count). The summed E-state index contributed by atoms with van der Waals surface area (Å²) in [5, 5.41) is 12.6. The van der Waals surface area contributed by atoms with Crippen molar-refractivity contribution < 1.29 is 4.79 Å². The standard InChI is InChI=1S/C24H23N3OS/c1-24(2,3)20-11-9-18(10-12-20)13-19(15-25)22(28)27-23-26-16-21(29-23)14-17-7-5-4-6-8-17/h4-13,16H,14H2,1-3H3,(H,26,27,28)/b19-13+. The summed E-state index contributed by atoms with van der Waals surface area (Å²) in [5.41, 5.74) is 3.30. The van der Waals surface area contributed by atoms with Gasteiger partial charge in [0.2, 0.25) is 0 Å². The van der Waals surface area contributed by atoms with E-state index in [0.29, 0.717) is 5.13 Å². The van der Waals surface area contributed by atoms with E-state index in [1.54, 1.807) is 12.3 Å². The van der Waals surface area contributed by atoms with Gasteiger partial charge in [0.1, 0.15) is 11.6 Å². The zero-order chi connectivity index (χ0) is 20.9. The lowest BCUT2D eigenvalue weighted by atomic mass is 9.86. The normalized spacial score (nSPS) is 11.7. The Bertz CT molecular complexity index is 1050. The molecular weight excluding hydrogens is 378 g/mol. The van der Waals surface area contributed by atoms with Gasteiger partial charge in [-0.05, 0) is 28.2 Å². The van der Waals surface area contributed by atoms with Gasteiger partial charge in [0, 0.05) is 17.5 Å². The number of nitrogens with zero attached hydrogens (tertiary/aromatic N) is 2. The topological polar surface area (TPSA) is 65.8 Å². The first-order valence-corrected chi connectivity index (χ1v) is 10.2. The summed E-state index contributed by atoms with van der Waals surface area (Å²) in [7, 11) is 0. The molecule has 0 radical (unpaired) electrons. The Labute approximate surface area is 175 Å². The van der Waals surface area contributed by atoms with Gasteiger partial charge in [-0.3, -0.25) is 10.1 Å². The molecule has 2 aromatic carbocycles. The number of hydrogen-bond acceptors (Lipinski definition) is 4. The highest BCUT2D eigenvalue weighted by molar-refractivity contribution is 7.15. The SMILES string of the molecule is CC(C)(C)c1ccc(/C=C(\C#N)C(=O)Nc2ncc(Cc3ccccc3)s2)cc1. The number of nitriles is 1. The molecule has 0 unspecified atom stereocenters. The molecule has 0 saturated heterocycles. The highest BCUT2D eigenvalue weighted by Crippen LogP contribution is 2.24. The molecule has 146 valence electrons. The number of aromatic nitrogens is 1. The molecule has 0 bridgehead atoms. The molecule has 1 heterocycles. The monoisotopic (exact) mass is 401 g/mol. The van der Waals surface area contributed by atoms with Crippen LogP contribution in [0.1, 0.15) is 42.3 Å². The second-order valence-corrected chi connectivity index (χ2v) is 8.91. The van der Waals surface area contributed by atoms with Crippen LogP contribution in [0.4, 0.5) is 5.13 Å². The van der Waals surface area contributed by atoms with Gasteiger partial charge in [0.25, 0.3) is 5.91 Å². The third-order valence-electron chi connectivity index (χ3n) is 4.45. The Morgan fingerprint density at radius 3 is 2.45 bits per heavy atom. The molecule has 0 atom stereocenters. The van der Waals surface area contributed by atoms with Gasteiger partial charge < -0.3 is 0 Å². The molecule has 0 aliphatic rings. The van der Waals surface area contributed by atoms with Crippen LogP contribution in [0.5, 0.6) is 0 Å². The number of benzene rings is 2. The molecule has 0 saturated carbocycles. The Balaban J connectivity index is 1.69. The highest BCUT2D eigenvalue weighted by atomic mass is 32.1. The van der Waals surface area contributed by atoms with E-state index in [9.17, 15) is 10.1 Å². The first kappa shape index (κ1) is 20.5. The lowest BCUT2D eigenvalue weighted by molar-refractivity contribution is -0.112. The van der Waals surface area contributed by atoms with E-state index in [2.05, 4.69) is 43.2 Å². The highest BCUT2D eigenvalue weighted by Gasteiger charge is 2.14. The first-order chi connectivity index (χ1) is 13.8. The van der Waals surface area contributed by atoms with Gasteiger partial charge >= 0.3 is 0 Å². The second-order valence-electron chi connectivity index (χ2n) is 7.79. The fourth-order valence-corrected chi connectivity index (χ4v) is 3.64. The maximum Gasteiger partial charge on any atom is 0.268 e. The third kappa shape index (κ3) is 5.63. The van der Waals surface area contributed by atoms with E-state index in [-0.39, 0.29) is 11.0 Å². The predicted molar refractivity (Wildman–Crippen MR) is 119 cm³/mol. The molecule has 0 spiro atoms. The molecule has 0 aliphatic heterocycles. The van der Waals surface area contributed by atoms with Crippen LogP contribution in [0.25, 0.3) is 6.08 Å². The van der Waals surface area contributed by atoms with Gasteiger partial charge in [-0.1, -0.05) is 75.4 Å². The molecule has 3 aromatic rings. The molecule has 1 N–H and O–H groups in total. The van der Waals surface area contributed by atoms with Crippen LogP contribution in [0.2, 0.25) is 0 Å². The summed E-state index contributed by atoms with van der Waals surface area (Å²) in [6.45, 7) is 6.43. The fourth-order valence-electron chi connectivity index (χ4n) is 2.80. The van der Waals surface area contributed by atoms with Crippen molar-refractivity contribution in [3.8, 4) is 6.07 Å².